The third-order valence-corrected chi connectivity index (χ3v) is 6.62. The lowest BCUT2D eigenvalue weighted by Crippen LogP contribution is -2.47. The van der Waals surface area contributed by atoms with Crippen LogP contribution in [0.3, 0.4) is 0 Å². The van der Waals surface area contributed by atoms with Crippen molar-refractivity contribution >= 4 is 11.8 Å². The van der Waals surface area contributed by atoms with Crippen LogP contribution in [0.5, 0.6) is 11.5 Å². The average molecular weight is 495 g/mol. The van der Waals surface area contributed by atoms with Crippen molar-refractivity contribution in [2.45, 2.75) is 57.5 Å². The van der Waals surface area contributed by atoms with Gasteiger partial charge < -0.3 is 28.5 Å². The first kappa shape index (κ1) is 25.4. The SMILES string of the molecule is COc1ccc(CCN(C(=O)c2ccco2)C(C(=O)NC2CCCCC2)c2ccc(C)o2)cc1OC. The van der Waals surface area contributed by atoms with E-state index in [9.17, 15) is 9.59 Å². The lowest BCUT2D eigenvalue weighted by Gasteiger charge is -2.31. The summed E-state index contributed by atoms with van der Waals surface area (Å²) in [4.78, 5) is 28.9. The second-order valence-corrected chi connectivity index (χ2v) is 9.11. The fourth-order valence-electron chi connectivity index (χ4n) is 4.73. The molecule has 1 fully saturated rings. The third kappa shape index (κ3) is 5.93. The van der Waals surface area contributed by atoms with Gasteiger partial charge in [0.1, 0.15) is 11.5 Å². The van der Waals surface area contributed by atoms with E-state index in [4.69, 9.17) is 18.3 Å². The Bertz CT molecular complexity index is 1150. The van der Waals surface area contributed by atoms with Gasteiger partial charge in [-0.15, -0.1) is 0 Å². The summed E-state index contributed by atoms with van der Waals surface area (Å²) in [6, 6.07) is 11.6. The van der Waals surface area contributed by atoms with E-state index in [1.807, 2.05) is 25.1 Å². The number of carbonyl (C=O) groups excluding carboxylic acids is 2. The molecule has 8 nitrogen and oxygen atoms in total. The van der Waals surface area contributed by atoms with E-state index in [0.717, 1.165) is 31.2 Å². The van der Waals surface area contributed by atoms with Crippen molar-refractivity contribution < 1.29 is 27.9 Å². The zero-order chi connectivity index (χ0) is 25.5. The molecule has 1 saturated carbocycles. The molecule has 36 heavy (non-hydrogen) atoms. The number of nitrogens with zero attached hydrogens (tertiary/aromatic N) is 1. The highest BCUT2D eigenvalue weighted by atomic mass is 16.5. The summed E-state index contributed by atoms with van der Waals surface area (Å²) in [5.74, 6) is 1.87. The Kier molecular flexibility index (Phi) is 8.36. The topological polar surface area (TPSA) is 94.2 Å². The van der Waals surface area contributed by atoms with Crippen LogP contribution in [0.25, 0.3) is 0 Å². The molecule has 1 atom stereocenters. The summed E-state index contributed by atoms with van der Waals surface area (Å²) in [7, 11) is 3.17. The van der Waals surface area contributed by atoms with Gasteiger partial charge in [-0.1, -0.05) is 25.3 Å². The molecule has 8 heteroatoms. The number of carbonyl (C=O) groups is 2. The molecule has 1 aromatic carbocycles. The Morgan fingerprint density at radius 1 is 1.06 bits per heavy atom. The van der Waals surface area contributed by atoms with Gasteiger partial charge >= 0.3 is 0 Å². The van der Waals surface area contributed by atoms with Crippen LogP contribution >= 0.6 is 0 Å². The van der Waals surface area contributed by atoms with Crippen molar-refractivity contribution in [3.63, 3.8) is 0 Å². The number of hydrogen-bond acceptors (Lipinski definition) is 6. The van der Waals surface area contributed by atoms with Crippen molar-refractivity contribution in [1.82, 2.24) is 10.2 Å². The zero-order valence-electron chi connectivity index (χ0n) is 21.1. The van der Waals surface area contributed by atoms with Crippen molar-refractivity contribution in [2.24, 2.45) is 0 Å². The standard InChI is InChI=1S/C28H34N2O6/c1-19-11-13-23(36-19)26(27(31)29-21-8-5-4-6-9-21)30(28(32)24-10-7-17-35-24)16-15-20-12-14-22(33-2)25(18-20)34-3/h7,10-14,17-18,21,26H,4-6,8-9,15-16H2,1-3H3,(H,29,31). The zero-order valence-corrected chi connectivity index (χ0v) is 21.1. The highest BCUT2D eigenvalue weighted by molar-refractivity contribution is 5.95. The molecule has 2 aromatic heterocycles. The van der Waals surface area contributed by atoms with Crippen LogP contribution in [-0.2, 0) is 11.2 Å². The van der Waals surface area contributed by atoms with Crippen LogP contribution in [0.4, 0.5) is 0 Å². The molecular formula is C28H34N2O6. The molecular weight excluding hydrogens is 460 g/mol. The number of ether oxygens (including phenoxy) is 2. The van der Waals surface area contributed by atoms with Gasteiger partial charge in [0.15, 0.2) is 23.3 Å². The fraction of sp³-hybridized carbons (Fsp3) is 0.429. The molecule has 2 amide bonds. The predicted molar refractivity (Wildman–Crippen MR) is 134 cm³/mol. The number of benzene rings is 1. The normalized spacial score (nSPS) is 14.8. The molecule has 0 radical (unpaired) electrons. The number of hydrogen-bond donors (Lipinski definition) is 1. The van der Waals surface area contributed by atoms with Crippen LogP contribution in [0.15, 0.2) is 57.6 Å². The smallest absolute Gasteiger partial charge is 0.290 e. The highest BCUT2D eigenvalue weighted by Gasteiger charge is 2.36. The lowest BCUT2D eigenvalue weighted by atomic mass is 9.95. The van der Waals surface area contributed by atoms with E-state index in [-0.39, 0.29) is 30.2 Å². The molecule has 2 heterocycles. The Balaban J connectivity index is 1.64. The first-order valence-corrected chi connectivity index (χ1v) is 12.4. The molecule has 0 bridgehead atoms. The van der Waals surface area contributed by atoms with Gasteiger partial charge in [-0.05, 0) is 68.1 Å². The quantitative estimate of drug-likeness (QED) is 0.423. The van der Waals surface area contributed by atoms with Crippen molar-refractivity contribution in [1.29, 1.82) is 0 Å². The molecule has 1 N–H and O–H groups in total. The second kappa shape index (κ2) is 11.8. The first-order valence-electron chi connectivity index (χ1n) is 12.4. The van der Waals surface area contributed by atoms with E-state index in [0.29, 0.717) is 29.4 Å². The minimum atomic E-state index is -0.932. The number of furan rings is 2. The Hall–Kier alpha value is -3.68. The minimum absolute atomic E-state index is 0.0937. The van der Waals surface area contributed by atoms with E-state index >= 15 is 0 Å². The van der Waals surface area contributed by atoms with Gasteiger partial charge in [0.2, 0.25) is 0 Å². The lowest BCUT2D eigenvalue weighted by molar-refractivity contribution is -0.127. The number of nitrogens with one attached hydrogen (secondary N) is 1. The van der Waals surface area contributed by atoms with Crippen LogP contribution in [-0.4, -0.2) is 43.5 Å². The van der Waals surface area contributed by atoms with Crippen LogP contribution < -0.4 is 14.8 Å². The van der Waals surface area contributed by atoms with Gasteiger partial charge in [0.05, 0.1) is 20.5 Å². The summed E-state index contributed by atoms with van der Waals surface area (Å²) >= 11 is 0. The molecule has 4 rings (SSSR count). The molecule has 0 aliphatic heterocycles. The summed E-state index contributed by atoms with van der Waals surface area (Å²) in [5, 5.41) is 3.18. The molecule has 1 aliphatic carbocycles. The monoisotopic (exact) mass is 494 g/mol. The number of methoxy groups -OCH3 is 2. The second-order valence-electron chi connectivity index (χ2n) is 9.11. The van der Waals surface area contributed by atoms with Crippen LogP contribution in [0, 0.1) is 6.92 Å². The predicted octanol–water partition coefficient (Wildman–Crippen LogP) is 5.07. The van der Waals surface area contributed by atoms with E-state index in [1.165, 1.54) is 17.6 Å². The molecule has 192 valence electrons. The average Bonchev–Trinajstić information content (AvgIpc) is 3.58. The minimum Gasteiger partial charge on any atom is -0.493 e. The Morgan fingerprint density at radius 2 is 1.83 bits per heavy atom. The fourth-order valence-corrected chi connectivity index (χ4v) is 4.73. The van der Waals surface area contributed by atoms with E-state index < -0.39 is 6.04 Å². The molecule has 1 unspecified atom stereocenters. The maximum absolute atomic E-state index is 13.7. The van der Waals surface area contributed by atoms with Crippen LogP contribution in [0.1, 0.15) is 65.8 Å². The van der Waals surface area contributed by atoms with Crippen molar-refractivity contribution in [2.75, 3.05) is 20.8 Å². The van der Waals surface area contributed by atoms with Crippen molar-refractivity contribution in [3.8, 4) is 11.5 Å². The third-order valence-electron chi connectivity index (χ3n) is 6.62. The van der Waals surface area contributed by atoms with E-state index in [2.05, 4.69) is 5.32 Å². The molecule has 0 spiro atoms. The van der Waals surface area contributed by atoms with E-state index in [1.54, 1.807) is 38.5 Å². The molecule has 3 aromatic rings. The van der Waals surface area contributed by atoms with Gasteiger partial charge in [0.25, 0.3) is 11.8 Å². The van der Waals surface area contributed by atoms with Crippen molar-refractivity contribution in [3.05, 3.63) is 71.6 Å². The molecule has 0 saturated heterocycles. The number of rotatable bonds is 10. The summed E-state index contributed by atoms with van der Waals surface area (Å²) in [6.45, 7) is 2.08. The highest BCUT2D eigenvalue weighted by Crippen LogP contribution is 2.30. The summed E-state index contributed by atoms with van der Waals surface area (Å²) in [5.41, 5.74) is 0.937. The summed E-state index contributed by atoms with van der Waals surface area (Å²) < 4.78 is 22.1. The van der Waals surface area contributed by atoms with Gasteiger partial charge in [-0.3, -0.25) is 9.59 Å². The number of amides is 2. The van der Waals surface area contributed by atoms with Gasteiger partial charge in [-0.25, -0.2) is 0 Å². The summed E-state index contributed by atoms with van der Waals surface area (Å²) in [6.07, 6.45) is 7.17. The van der Waals surface area contributed by atoms with Crippen LogP contribution in [0.2, 0.25) is 0 Å². The Morgan fingerprint density at radius 3 is 2.47 bits per heavy atom. The Labute approximate surface area is 211 Å². The van der Waals surface area contributed by atoms with Gasteiger partial charge in [0, 0.05) is 12.6 Å². The number of aryl methyl sites for hydroxylation is 1. The largest absolute Gasteiger partial charge is 0.493 e. The maximum Gasteiger partial charge on any atom is 0.290 e. The molecule has 1 aliphatic rings. The first-order chi connectivity index (χ1) is 17.5. The maximum atomic E-state index is 13.7. The van der Waals surface area contributed by atoms with Gasteiger partial charge in [-0.2, -0.15) is 0 Å².